The van der Waals surface area contributed by atoms with E-state index in [2.05, 4.69) is 34.4 Å². The van der Waals surface area contributed by atoms with Crippen molar-refractivity contribution in [3.8, 4) is 0 Å². The van der Waals surface area contributed by atoms with E-state index in [0.29, 0.717) is 0 Å². The van der Waals surface area contributed by atoms with E-state index in [-0.39, 0.29) is 58.7 Å². The maximum absolute atomic E-state index is 12.7. The first-order valence-electron chi connectivity index (χ1n) is 15.8. The van der Waals surface area contributed by atoms with Crippen molar-refractivity contribution in [2.75, 3.05) is 37.8 Å². The number of nitrogen functional groups attached to an aromatic ring is 1. The number of carbonyl (C=O) groups excluding carboxylic acids is 3. The Bertz CT molecular complexity index is 1890. The summed E-state index contributed by atoms with van der Waals surface area (Å²) < 4.78 is 62.0. The molecule has 0 bridgehead atoms. The topological polar surface area (TPSA) is 384 Å². The summed E-state index contributed by atoms with van der Waals surface area (Å²) in [7, 11) is -16.4. The van der Waals surface area contributed by atoms with Crippen LogP contribution in [0.4, 0.5) is 5.82 Å². The molecular formula is C26H42N7O18P3S. The molecule has 0 radical (unpaired) electrons. The fourth-order valence-electron chi connectivity index (χ4n) is 4.53. The number of amides is 2. The number of fused-ring (bicyclic) bond motifs is 1. The number of anilines is 1. The lowest BCUT2D eigenvalue weighted by Crippen LogP contribution is -2.46. The van der Waals surface area contributed by atoms with Gasteiger partial charge in [-0.3, -0.25) is 32.5 Å². The third kappa shape index (κ3) is 13.6. The number of nitrogens with one attached hydrogen (secondary N) is 2. The number of aromatic nitrogens is 4. The fourth-order valence-corrected chi connectivity index (χ4v) is 8.11. The maximum atomic E-state index is 12.7. The minimum Gasteiger partial charge on any atom is -0.512 e. The van der Waals surface area contributed by atoms with Crippen LogP contribution in [-0.4, -0.2) is 128 Å². The van der Waals surface area contributed by atoms with E-state index >= 15 is 0 Å². The second-order valence-corrected chi connectivity index (χ2v) is 17.7. The van der Waals surface area contributed by atoms with Crippen LogP contribution in [0.2, 0.25) is 0 Å². The standard InChI is InChI=1S/C26H42N7O18P3S/c1-13(14(2)34)25(39)55-8-7-28-16(35)5-6-29-23(38)20(37)26(3,4)10-48-54(45,46)51-53(43,44)47-9-15-19(50-52(40,41)42)18(36)24(49-15)33-12-32-17-21(27)30-11-31-22(17)33/h11-12,15,18-20,24,34,36-37H,5-10H2,1-4H3,(H,28,35)(H,29,38)(H,43,44)(H,45,46)(H2,27,30,31)(H2,40,41,42)/b14-13+/t15-,18-,19-,20+,24-/m1/s1. The van der Waals surface area contributed by atoms with Crippen LogP contribution in [0.1, 0.15) is 40.3 Å². The van der Waals surface area contributed by atoms with Crippen molar-refractivity contribution in [1.29, 1.82) is 0 Å². The number of aliphatic hydroxyl groups excluding tert-OH is 3. The highest BCUT2D eigenvalue weighted by Crippen LogP contribution is 2.61. The van der Waals surface area contributed by atoms with Crippen LogP contribution >= 0.6 is 35.2 Å². The summed E-state index contributed by atoms with van der Waals surface area (Å²) in [5.74, 6) is -1.43. The van der Waals surface area contributed by atoms with Crippen molar-refractivity contribution in [2.45, 2.75) is 64.8 Å². The first kappa shape index (κ1) is 46.5. The van der Waals surface area contributed by atoms with Gasteiger partial charge in [0.25, 0.3) is 0 Å². The second kappa shape index (κ2) is 19.0. The number of nitrogens with zero attached hydrogens (tertiary/aromatic N) is 4. The number of ether oxygens (including phenoxy) is 1. The summed E-state index contributed by atoms with van der Waals surface area (Å²) in [5, 5.41) is 35.2. The van der Waals surface area contributed by atoms with E-state index in [1.54, 1.807) is 0 Å². The first-order valence-corrected chi connectivity index (χ1v) is 21.3. The molecule has 29 heteroatoms. The van der Waals surface area contributed by atoms with Crippen molar-refractivity contribution < 1.29 is 85.6 Å². The van der Waals surface area contributed by atoms with Gasteiger partial charge in [-0.15, -0.1) is 0 Å². The number of allylic oxidation sites excluding steroid dienone is 1. The zero-order chi connectivity index (χ0) is 41.5. The molecule has 11 N–H and O–H groups in total. The molecule has 310 valence electrons. The van der Waals surface area contributed by atoms with Gasteiger partial charge in [0.1, 0.15) is 36.3 Å². The maximum Gasteiger partial charge on any atom is 0.481 e. The highest BCUT2D eigenvalue weighted by Gasteiger charge is 2.50. The molecule has 2 unspecified atom stereocenters. The molecule has 55 heavy (non-hydrogen) atoms. The number of rotatable bonds is 20. The number of phosphoric ester groups is 3. The Hall–Kier alpha value is -2.90. The molecule has 2 aromatic heterocycles. The summed E-state index contributed by atoms with van der Waals surface area (Å²) in [6.45, 7) is 3.14. The monoisotopic (exact) mass is 865 g/mol. The fraction of sp³-hybridized carbons (Fsp3) is 0.615. The number of nitrogens with two attached hydrogens (primary N) is 1. The van der Waals surface area contributed by atoms with Crippen LogP contribution < -0.4 is 16.4 Å². The van der Waals surface area contributed by atoms with Gasteiger partial charge < -0.3 is 56.0 Å². The van der Waals surface area contributed by atoms with Gasteiger partial charge >= 0.3 is 23.5 Å². The van der Waals surface area contributed by atoms with Gasteiger partial charge in [-0.1, -0.05) is 25.6 Å². The molecule has 25 nitrogen and oxygen atoms in total. The van der Waals surface area contributed by atoms with E-state index in [9.17, 15) is 63.0 Å². The van der Waals surface area contributed by atoms with Crippen LogP contribution in [0.15, 0.2) is 24.0 Å². The quantitative estimate of drug-likeness (QED) is 0.0347. The Morgan fingerprint density at radius 1 is 1.05 bits per heavy atom. The Morgan fingerprint density at radius 3 is 2.35 bits per heavy atom. The molecule has 1 saturated heterocycles. The largest absolute Gasteiger partial charge is 0.512 e. The molecule has 1 aliphatic rings. The Kier molecular flexibility index (Phi) is 16.1. The zero-order valence-electron chi connectivity index (χ0n) is 29.5. The molecule has 1 fully saturated rings. The molecule has 2 amide bonds. The molecule has 0 aliphatic carbocycles. The Labute approximate surface area is 316 Å². The van der Waals surface area contributed by atoms with Gasteiger partial charge in [0.05, 0.1) is 25.3 Å². The average molecular weight is 866 g/mol. The van der Waals surface area contributed by atoms with Crippen molar-refractivity contribution in [3.63, 3.8) is 0 Å². The Balaban J connectivity index is 1.51. The highest BCUT2D eigenvalue weighted by atomic mass is 32.2. The van der Waals surface area contributed by atoms with E-state index in [1.165, 1.54) is 27.7 Å². The molecule has 1 aliphatic heterocycles. The van der Waals surface area contributed by atoms with Crippen LogP contribution in [0.3, 0.4) is 0 Å². The zero-order valence-corrected chi connectivity index (χ0v) is 33.0. The lowest BCUT2D eigenvalue weighted by Gasteiger charge is -2.30. The number of thioether (sulfide) groups is 1. The number of hydrogen-bond donors (Lipinski definition) is 10. The first-order chi connectivity index (χ1) is 25.3. The van der Waals surface area contributed by atoms with Crippen molar-refractivity contribution >= 4 is 69.1 Å². The van der Waals surface area contributed by atoms with E-state index in [1.807, 2.05) is 0 Å². The Morgan fingerprint density at radius 2 is 1.71 bits per heavy atom. The molecular weight excluding hydrogens is 823 g/mol. The highest BCUT2D eigenvalue weighted by molar-refractivity contribution is 8.14. The van der Waals surface area contributed by atoms with Gasteiger partial charge in [0, 0.05) is 36.3 Å². The third-order valence-corrected chi connectivity index (χ3v) is 11.7. The number of imidazole rings is 1. The van der Waals surface area contributed by atoms with Crippen LogP contribution in [0.25, 0.3) is 11.2 Å². The average Bonchev–Trinajstić information content (AvgIpc) is 3.64. The molecule has 2 aromatic rings. The summed E-state index contributed by atoms with van der Waals surface area (Å²) in [6, 6.07) is 0. The molecule has 3 rings (SSSR count). The number of aliphatic hydroxyl groups is 3. The molecule has 0 spiro atoms. The van der Waals surface area contributed by atoms with E-state index in [4.69, 9.17) is 19.5 Å². The van der Waals surface area contributed by atoms with Crippen molar-refractivity contribution in [3.05, 3.63) is 24.0 Å². The van der Waals surface area contributed by atoms with E-state index in [0.717, 1.165) is 29.0 Å². The van der Waals surface area contributed by atoms with Crippen LogP contribution in [-0.2, 0) is 50.7 Å². The van der Waals surface area contributed by atoms with Gasteiger partial charge in [-0.05, 0) is 13.8 Å². The summed E-state index contributed by atoms with van der Waals surface area (Å²) in [5.41, 5.74) is 4.41. The number of carbonyl (C=O) groups is 3. The lowest BCUT2D eigenvalue weighted by atomic mass is 9.87. The summed E-state index contributed by atoms with van der Waals surface area (Å²) >= 11 is 0.889. The predicted octanol–water partition coefficient (Wildman–Crippen LogP) is -0.483. The third-order valence-electron chi connectivity index (χ3n) is 7.58. The number of phosphoric acid groups is 3. The molecule has 7 atom stereocenters. The summed E-state index contributed by atoms with van der Waals surface area (Å²) in [6.07, 6.45) is -7.01. The van der Waals surface area contributed by atoms with Gasteiger partial charge in [0.2, 0.25) is 16.9 Å². The minimum absolute atomic E-state index is 0.0246. The molecule has 0 aromatic carbocycles. The lowest BCUT2D eigenvalue weighted by molar-refractivity contribution is -0.137. The van der Waals surface area contributed by atoms with Crippen LogP contribution in [0.5, 0.6) is 0 Å². The van der Waals surface area contributed by atoms with E-state index < -0.39 is 84.6 Å². The van der Waals surface area contributed by atoms with Crippen molar-refractivity contribution in [2.24, 2.45) is 5.41 Å². The normalized spacial score (nSPS) is 22.4. The smallest absolute Gasteiger partial charge is 0.481 e. The van der Waals surface area contributed by atoms with Gasteiger partial charge in [0.15, 0.2) is 17.7 Å². The molecule has 3 heterocycles. The predicted molar refractivity (Wildman–Crippen MR) is 188 cm³/mol. The second-order valence-electron chi connectivity index (χ2n) is 12.4. The van der Waals surface area contributed by atoms with Gasteiger partial charge in [-0.25, -0.2) is 28.6 Å². The van der Waals surface area contributed by atoms with Gasteiger partial charge in [-0.2, -0.15) is 4.31 Å². The minimum atomic E-state index is -5.58. The number of hydrogen-bond acceptors (Lipinski definition) is 19. The SMILES string of the molecule is C/C(O)=C(/C)C(=O)SCCNC(=O)CCNC(=O)[C@H](O)C(C)(C)COP(=O)(O)OP(=O)(O)OC[C@H]1O[C@@H](n2cnc3c(N)ncnc32)[C@H](O)[C@@H]1OP(=O)(O)O. The van der Waals surface area contributed by atoms with Crippen LogP contribution in [0, 0.1) is 5.41 Å². The molecule has 0 saturated carbocycles. The van der Waals surface area contributed by atoms with Crippen molar-refractivity contribution in [1.82, 2.24) is 30.2 Å². The summed E-state index contributed by atoms with van der Waals surface area (Å²) in [4.78, 5) is 87.2.